The van der Waals surface area contributed by atoms with Gasteiger partial charge in [-0.3, -0.25) is 9.59 Å². The van der Waals surface area contributed by atoms with Crippen LogP contribution < -0.4 is 0 Å². The highest BCUT2D eigenvalue weighted by Gasteiger charge is 2.49. The number of rotatable bonds is 1. The number of methoxy groups -OCH3 is 1. The number of hydrogen-bond acceptors (Lipinski definition) is 4. The zero-order valence-electron chi connectivity index (χ0n) is 15.0. The number of para-hydroxylation sites is 1. The summed E-state index contributed by atoms with van der Waals surface area (Å²) in [5, 5.41) is 1.04. The van der Waals surface area contributed by atoms with Crippen LogP contribution in [0, 0.1) is 0 Å². The van der Waals surface area contributed by atoms with E-state index in [1.807, 2.05) is 24.3 Å². The minimum Gasteiger partial charge on any atom is -0.467 e. The zero-order chi connectivity index (χ0) is 18.6. The van der Waals surface area contributed by atoms with Crippen molar-refractivity contribution in [1.82, 2.24) is 14.8 Å². The largest absolute Gasteiger partial charge is 0.467 e. The number of ether oxygens (including phenoxy) is 1. The van der Waals surface area contributed by atoms with Crippen molar-refractivity contribution in [3.63, 3.8) is 0 Å². The molecular weight excluding hydrogens is 334 g/mol. The summed E-state index contributed by atoms with van der Waals surface area (Å²) in [5.74, 6) is -0.803. The molecule has 7 heteroatoms. The average molecular weight is 355 g/mol. The van der Waals surface area contributed by atoms with Gasteiger partial charge in [-0.15, -0.1) is 0 Å². The molecule has 0 bridgehead atoms. The van der Waals surface area contributed by atoms with Crippen molar-refractivity contribution in [2.75, 3.05) is 13.7 Å². The predicted molar refractivity (Wildman–Crippen MR) is 94.2 cm³/mol. The van der Waals surface area contributed by atoms with Crippen molar-refractivity contribution in [2.45, 2.75) is 38.4 Å². The van der Waals surface area contributed by atoms with Gasteiger partial charge in [0.15, 0.2) is 0 Å². The Labute approximate surface area is 150 Å². The molecule has 0 unspecified atom stereocenters. The van der Waals surface area contributed by atoms with E-state index in [2.05, 4.69) is 4.98 Å². The average Bonchev–Trinajstić information content (AvgIpc) is 3.01. The second kappa shape index (κ2) is 5.86. The van der Waals surface area contributed by atoms with Gasteiger partial charge >= 0.3 is 5.97 Å². The van der Waals surface area contributed by atoms with Crippen LogP contribution in [0.4, 0.5) is 0 Å². The molecule has 2 aliphatic heterocycles. The zero-order valence-corrected chi connectivity index (χ0v) is 15.0. The molecule has 1 N–H and O–H groups in total. The summed E-state index contributed by atoms with van der Waals surface area (Å²) in [6.45, 7) is 3.52. The van der Waals surface area contributed by atoms with Crippen molar-refractivity contribution in [3.05, 3.63) is 35.5 Å². The molecule has 2 aromatic rings. The van der Waals surface area contributed by atoms with Gasteiger partial charge in [-0.05, 0) is 18.6 Å². The fraction of sp³-hybridized carbons (Fsp3) is 0.421. The molecule has 1 aromatic carbocycles. The molecule has 1 fully saturated rings. The van der Waals surface area contributed by atoms with Gasteiger partial charge < -0.3 is 19.5 Å². The highest BCUT2D eigenvalue weighted by molar-refractivity contribution is 5.94. The molecule has 0 spiro atoms. The number of esters is 1. The Hall–Kier alpha value is -2.83. The van der Waals surface area contributed by atoms with E-state index in [4.69, 9.17) is 4.74 Å². The third-order valence-electron chi connectivity index (χ3n) is 5.58. The SMILES string of the molecule is COC(=O)[C@@H]1Cc2c([nH]c3ccccc23)[C@@H]2CN(C(C)=O)[C@@H](C)C(=O)N12. The predicted octanol–water partition coefficient (Wildman–Crippen LogP) is 1.39. The molecule has 1 saturated heterocycles. The van der Waals surface area contributed by atoms with E-state index in [0.29, 0.717) is 13.0 Å². The van der Waals surface area contributed by atoms with Gasteiger partial charge in [0.05, 0.1) is 13.2 Å². The maximum Gasteiger partial charge on any atom is 0.328 e. The van der Waals surface area contributed by atoms with Crippen LogP contribution in [0.2, 0.25) is 0 Å². The number of aromatic amines is 1. The molecule has 2 amide bonds. The van der Waals surface area contributed by atoms with E-state index >= 15 is 0 Å². The Balaban J connectivity index is 1.89. The number of carbonyl (C=O) groups is 3. The number of nitrogens with one attached hydrogen (secondary N) is 1. The van der Waals surface area contributed by atoms with Crippen LogP contribution in [0.15, 0.2) is 24.3 Å². The van der Waals surface area contributed by atoms with Crippen LogP contribution in [0.5, 0.6) is 0 Å². The van der Waals surface area contributed by atoms with Crippen molar-refractivity contribution in [2.24, 2.45) is 0 Å². The lowest BCUT2D eigenvalue weighted by molar-refractivity contribution is -0.166. The van der Waals surface area contributed by atoms with Crippen LogP contribution >= 0.6 is 0 Å². The van der Waals surface area contributed by atoms with Crippen LogP contribution in [0.3, 0.4) is 0 Å². The van der Waals surface area contributed by atoms with Crippen molar-refractivity contribution >= 4 is 28.7 Å². The molecule has 3 atom stereocenters. The van der Waals surface area contributed by atoms with Crippen LogP contribution in [-0.2, 0) is 25.5 Å². The Morgan fingerprint density at radius 3 is 2.69 bits per heavy atom. The van der Waals surface area contributed by atoms with Gasteiger partial charge in [-0.1, -0.05) is 18.2 Å². The normalized spacial score (nSPS) is 25.0. The fourth-order valence-electron chi connectivity index (χ4n) is 4.29. The lowest BCUT2D eigenvalue weighted by Gasteiger charge is -2.49. The number of fused-ring (bicyclic) bond motifs is 5. The maximum atomic E-state index is 13.0. The molecule has 0 aliphatic carbocycles. The van der Waals surface area contributed by atoms with Gasteiger partial charge in [0.1, 0.15) is 12.1 Å². The van der Waals surface area contributed by atoms with Gasteiger partial charge in [0.25, 0.3) is 0 Å². The second-order valence-electron chi connectivity index (χ2n) is 6.91. The van der Waals surface area contributed by atoms with Crippen molar-refractivity contribution in [3.8, 4) is 0 Å². The highest BCUT2D eigenvalue weighted by Crippen LogP contribution is 2.40. The quantitative estimate of drug-likeness (QED) is 0.784. The van der Waals surface area contributed by atoms with E-state index in [-0.39, 0.29) is 17.9 Å². The summed E-state index contributed by atoms with van der Waals surface area (Å²) in [6, 6.07) is 6.21. The van der Waals surface area contributed by atoms with E-state index < -0.39 is 18.1 Å². The molecule has 136 valence electrons. The summed E-state index contributed by atoms with van der Waals surface area (Å²) in [5.41, 5.74) is 2.88. The second-order valence-corrected chi connectivity index (χ2v) is 6.91. The third kappa shape index (κ3) is 2.23. The molecule has 0 radical (unpaired) electrons. The number of benzene rings is 1. The molecule has 2 aliphatic rings. The van der Waals surface area contributed by atoms with Crippen LogP contribution in [-0.4, -0.2) is 58.3 Å². The first-order valence-electron chi connectivity index (χ1n) is 8.70. The van der Waals surface area contributed by atoms with Gasteiger partial charge in [-0.25, -0.2) is 4.79 Å². The van der Waals surface area contributed by atoms with Crippen LogP contribution in [0.1, 0.15) is 31.1 Å². The lowest BCUT2D eigenvalue weighted by atomic mass is 9.88. The van der Waals surface area contributed by atoms with Crippen LogP contribution in [0.25, 0.3) is 10.9 Å². The van der Waals surface area contributed by atoms with Gasteiger partial charge in [0, 0.05) is 36.5 Å². The summed E-state index contributed by atoms with van der Waals surface area (Å²) >= 11 is 0. The fourth-order valence-corrected chi connectivity index (χ4v) is 4.29. The summed E-state index contributed by atoms with van der Waals surface area (Å²) in [7, 11) is 1.34. The van der Waals surface area contributed by atoms with Crippen molar-refractivity contribution in [1.29, 1.82) is 0 Å². The number of H-pyrrole nitrogens is 1. The summed E-state index contributed by atoms with van der Waals surface area (Å²) in [6.07, 6.45) is 0.404. The number of carbonyl (C=O) groups excluding carboxylic acids is 3. The first-order chi connectivity index (χ1) is 12.4. The molecule has 3 heterocycles. The summed E-state index contributed by atoms with van der Waals surface area (Å²) in [4.78, 5) is 44.1. The van der Waals surface area contributed by atoms with Gasteiger partial charge in [0.2, 0.25) is 11.8 Å². The third-order valence-corrected chi connectivity index (χ3v) is 5.58. The summed E-state index contributed by atoms with van der Waals surface area (Å²) < 4.78 is 4.98. The first kappa shape index (κ1) is 16.6. The molecular formula is C19H21N3O4. The topological polar surface area (TPSA) is 82.7 Å². The number of aromatic nitrogens is 1. The lowest BCUT2D eigenvalue weighted by Crippen LogP contribution is -2.64. The molecule has 1 aromatic heterocycles. The van der Waals surface area contributed by atoms with E-state index in [0.717, 1.165) is 22.2 Å². The Morgan fingerprint density at radius 2 is 2.00 bits per heavy atom. The molecule has 0 saturated carbocycles. The minimum atomic E-state index is -0.680. The molecule has 26 heavy (non-hydrogen) atoms. The first-order valence-corrected chi connectivity index (χ1v) is 8.70. The monoisotopic (exact) mass is 355 g/mol. The van der Waals surface area contributed by atoms with E-state index in [1.54, 1.807) is 16.7 Å². The Kier molecular flexibility index (Phi) is 3.75. The Bertz CT molecular complexity index is 919. The minimum absolute atomic E-state index is 0.150. The number of nitrogens with zero attached hydrogens (tertiary/aromatic N) is 2. The van der Waals surface area contributed by atoms with Gasteiger partial charge in [-0.2, -0.15) is 0 Å². The molecule has 4 rings (SSSR count). The smallest absolute Gasteiger partial charge is 0.328 e. The number of hydrogen-bond donors (Lipinski definition) is 1. The number of piperazine rings is 1. The van der Waals surface area contributed by atoms with E-state index in [1.165, 1.54) is 14.0 Å². The highest BCUT2D eigenvalue weighted by atomic mass is 16.5. The Morgan fingerprint density at radius 1 is 1.27 bits per heavy atom. The molecule has 7 nitrogen and oxygen atoms in total. The number of amides is 2. The maximum absolute atomic E-state index is 13.0. The van der Waals surface area contributed by atoms with Crippen molar-refractivity contribution < 1.29 is 19.1 Å². The standard InChI is InChI=1S/C19H21N3O4/c1-10-18(24)22-15(19(25)26-3)8-13-12-6-4-5-7-14(12)20-17(13)16(22)9-21(10)11(2)23/h4-7,10,15-16,20H,8-9H2,1-3H3/t10-,15-,16-/m0/s1. The van der Waals surface area contributed by atoms with E-state index in [9.17, 15) is 14.4 Å².